The fourth-order valence-corrected chi connectivity index (χ4v) is 3.56. The molecule has 1 aliphatic heterocycles. The average molecular weight is 269 g/mol. The zero-order chi connectivity index (χ0) is 13.3. The first-order valence-corrected chi connectivity index (χ1v) is 7.43. The lowest BCUT2D eigenvalue weighted by atomic mass is 10.1. The number of anilines is 1. The van der Waals surface area contributed by atoms with Crippen molar-refractivity contribution in [2.75, 3.05) is 23.9 Å². The van der Waals surface area contributed by atoms with Crippen LogP contribution in [0, 0.1) is 19.8 Å². The molecule has 0 amide bonds. The Labute approximate surface area is 108 Å². The topological polar surface area (TPSA) is 75.4 Å². The largest absolute Gasteiger partial charge is 0.330 e. The Hall–Kier alpha value is -1.11. The number of hydrogen-bond donors (Lipinski definition) is 2. The molecule has 3 N–H and O–H groups in total. The Bertz CT molecular complexity index is 542. The molecule has 1 fully saturated rings. The standard InChI is InChI=1S/C12H19N3O2S/c1-9-4-3-5-12(10(9)2)15-8-11(6-13)7-14-18(15,16)17/h3-5,11,14H,6-8,13H2,1-2H3. The van der Waals surface area contributed by atoms with Crippen LogP contribution < -0.4 is 14.8 Å². The van der Waals surface area contributed by atoms with Crippen molar-refractivity contribution in [1.82, 2.24) is 4.72 Å². The van der Waals surface area contributed by atoms with E-state index in [2.05, 4.69) is 4.72 Å². The molecule has 1 atom stereocenters. The third-order valence-corrected chi connectivity index (χ3v) is 4.90. The van der Waals surface area contributed by atoms with Crippen molar-refractivity contribution in [2.24, 2.45) is 11.7 Å². The minimum Gasteiger partial charge on any atom is -0.330 e. The van der Waals surface area contributed by atoms with Crippen molar-refractivity contribution in [3.8, 4) is 0 Å². The zero-order valence-electron chi connectivity index (χ0n) is 10.7. The summed E-state index contributed by atoms with van der Waals surface area (Å²) in [4.78, 5) is 0. The van der Waals surface area contributed by atoms with Gasteiger partial charge in [-0.2, -0.15) is 13.1 Å². The van der Waals surface area contributed by atoms with Gasteiger partial charge < -0.3 is 5.73 Å². The number of aryl methyl sites for hydroxylation is 1. The van der Waals surface area contributed by atoms with Crippen LogP contribution in [-0.2, 0) is 10.2 Å². The van der Waals surface area contributed by atoms with Gasteiger partial charge in [0.05, 0.1) is 5.69 Å². The molecule has 0 aliphatic carbocycles. The molecule has 1 aromatic carbocycles. The highest BCUT2D eigenvalue weighted by Gasteiger charge is 2.31. The molecular weight excluding hydrogens is 250 g/mol. The Balaban J connectivity index is 2.43. The van der Waals surface area contributed by atoms with Gasteiger partial charge >= 0.3 is 10.2 Å². The Morgan fingerprint density at radius 3 is 2.83 bits per heavy atom. The van der Waals surface area contributed by atoms with Gasteiger partial charge in [-0.1, -0.05) is 12.1 Å². The molecule has 2 rings (SSSR count). The van der Waals surface area contributed by atoms with E-state index in [1.165, 1.54) is 4.31 Å². The van der Waals surface area contributed by atoms with Crippen molar-refractivity contribution in [1.29, 1.82) is 0 Å². The van der Waals surface area contributed by atoms with E-state index in [0.29, 0.717) is 19.6 Å². The molecule has 1 unspecified atom stereocenters. The van der Waals surface area contributed by atoms with E-state index in [0.717, 1.165) is 16.8 Å². The summed E-state index contributed by atoms with van der Waals surface area (Å²) in [6.45, 7) is 5.25. The number of benzene rings is 1. The van der Waals surface area contributed by atoms with Crippen molar-refractivity contribution < 1.29 is 8.42 Å². The number of hydrogen-bond acceptors (Lipinski definition) is 3. The lowest BCUT2D eigenvalue weighted by Crippen LogP contribution is -2.53. The van der Waals surface area contributed by atoms with Crippen LogP contribution in [0.15, 0.2) is 18.2 Å². The molecule has 18 heavy (non-hydrogen) atoms. The van der Waals surface area contributed by atoms with Gasteiger partial charge in [0.15, 0.2) is 0 Å². The van der Waals surface area contributed by atoms with Crippen LogP contribution >= 0.6 is 0 Å². The predicted molar refractivity (Wildman–Crippen MR) is 72.7 cm³/mol. The van der Waals surface area contributed by atoms with E-state index in [-0.39, 0.29) is 5.92 Å². The van der Waals surface area contributed by atoms with Gasteiger partial charge in [0.25, 0.3) is 0 Å². The summed E-state index contributed by atoms with van der Waals surface area (Å²) in [5, 5.41) is 0. The molecule has 0 saturated carbocycles. The molecule has 1 heterocycles. The van der Waals surface area contributed by atoms with E-state index in [1.807, 2.05) is 32.0 Å². The third-order valence-electron chi connectivity index (χ3n) is 3.45. The molecule has 0 radical (unpaired) electrons. The fraction of sp³-hybridized carbons (Fsp3) is 0.500. The summed E-state index contributed by atoms with van der Waals surface area (Å²) < 4.78 is 28.2. The molecule has 1 aromatic rings. The summed E-state index contributed by atoms with van der Waals surface area (Å²) in [6, 6.07) is 5.68. The summed E-state index contributed by atoms with van der Waals surface area (Å²) >= 11 is 0. The van der Waals surface area contributed by atoms with Gasteiger partial charge in [-0.25, -0.2) is 0 Å². The number of rotatable bonds is 2. The lowest BCUT2D eigenvalue weighted by Gasteiger charge is -2.34. The van der Waals surface area contributed by atoms with E-state index in [9.17, 15) is 8.42 Å². The maximum absolute atomic E-state index is 12.1. The second-order valence-electron chi connectivity index (χ2n) is 4.71. The predicted octanol–water partition coefficient (Wildman–Crippen LogP) is 0.533. The Kier molecular flexibility index (Phi) is 3.61. The Morgan fingerprint density at radius 2 is 2.17 bits per heavy atom. The average Bonchev–Trinajstić information content (AvgIpc) is 2.33. The summed E-state index contributed by atoms with van der Waals surface area (Å²) in [7, 11) is -3.43. The monoisotopic (exact) mass is 269 g/mol. The highest BCUT2D eigenvalue weighted by molar-refractivity contribution is 7.90. The van der Waals surface area contributed by atoms with Crippen LogP contribution in [0.1, 0.15) is 11.1 Å². The Morgan fingerprint density at radius 1 is 1.44 bits per heavy atom. The zero-order valence-corrected chi connectivity index (χ0v) is 11.5. The highest BCUT2D eigenvalue weighted by atomic mass is 32.2. The first kappa shape index (κ1) is 13.3. The first-order chi connectivity index (χ1) is 8.45. The third kappa shape index (κ3) is 2.36. The van der Waals surface area contributed by atoms with Gasteiger partial charge in [-0.05, 0) is 37.6 Å². The quantitative estimate of drug-likeness (QED) is 0.822. The van der Waals surface area contributed by atoms with E-state index >= 15 is 0 Å². The van der Waals surface area contributed by atoms with Gasteiger partial charge in [0, 0.05) is 19.0 Å². The van der Waals surface area contributed by atoms with Crippen LogP contribution in [0.4, 0.5) is 5.69 Å². The van der Waals surface area contributed by atoms with Gasteiger partial charge in [0.2, 0.25) is 0 Å². The maximum atomic E-state index is 12.1. The van der Waals surface area contributed by atoms with Crippen molar-refractivity contribution in [3.05, 3.63) is 29.3 Å². The molecule has 0 bridgehead atoms. The van der Waals surface area contributed by atoms with Crippen LogP contribution in [-0.4, -0.2) is 28.1 Å². The highest BCUT2D eigenvalue weighted by Crippen LogP contribution is 2.27. The molecule has 0 spiro atoms. The summed E-state index contributed by atoms with van der Waals surface area (Å²) in [6.07, 6.45) is 0. The first-order valence-electron chi connectivity index (χ1n) is 5.99. The van der Waals surface area contributed by atoms with Crippen molar-refractivity contribution in [3.63, 3.8) is 0 Å². The minimum absolute atomic E-state index is 0.147. The second kappa shape index (κ2) is 4.87. The van der Waals surface area contributed by atoms with Crippen LogP contribution in [0.2, 0.25) is 0 Å². The summed E-state index contributed by atoms with van der Waals surface area (Å²) in [5.41, 5.74) is 8.44. The second-order valence-corrected chi connectivity index (χ2v) is 6.38. The van der Waals surface area contributed by atoms with Crippen LogP contribution in [0.3, 0.4) is 0 Å². The maximum Gasteiger partial charge on any atom is 0.301 e. The van der Waals surface area contributed by atoms with Gasteiger partial charge in [-0.3, -0.25) is 4.31 Å². The van der Waals surface area contributed by atoms with Crippen molar-refractivity contribution >= 4 is 15.9 Å². The van der Waals surface area contributed by atoms with E-state index < -0.39 is 10.2 Å². The smallest absolute Gasteiger partial charge is 0.301 e. The molecule has 6 heteroatoms. The number of nitrogens with one attached hydrogen (secondary N) is 1. The van der Waals surface area contributed by atoms with Gasteiger partial charge in [-0.15, -0.1) is 0 Å². The molecule has 1 aliphatic rings. The molecule has 1 saturated heterocycles. The van der Waals surface area contributed by atoms with Crippen molar-refractivity contribution in [2.45, 2.75) is 13.8 Å². The lowest BCUT2D eigenvalue weighted by molar-refractivity contribution is 0.486. The molecular formula is C12H19N3O2S. The molecule has 0 aromatic heterocycles. The van der Waals surface area contributed by atoms with E-state index in [4.69, 9.17) is 5.73 Å². The number of nitrogens with two attached hydrogens (primary N) is 1. The summed E-state index contributed by atoms with van der Waals surface area (Å²) in [5.74, 6) is 0.147. The SMILES string of the molecule is Cc1cccc(N2CC(CN)CNS2(=O)=O)c1C. The van der Waals surface area contributed by atoms with Crippen LogP contribution in [0.5, 0.6) is 0 Å². The van der Waals surface area contributed by atoms with Crippen LogP contribution in [0.25, 0.3) is 0 Å². The van der Waals surface area contributed by atoms with E-state index in [1.54, 1.807) is 0 Å². The molecule has 5 nitrogen and oxygen atoms in total. The minimum atomic E-state index is -3.43. The normalized spacial score (nSPS) is 23.1. The number of nitrogens with zero attached hydrogens (tertiary/aromatic N) is 1. The molecule has 100 valence electrons. The fourth-order valence-electron chi connectivity index (χ4n) is 2.09. The van der Waals surface area contributed by atoms with Gasteiger partial charge in [0.1, 0.15) is 0 Å².